The van der Waals surface area contributed by atoms with Crippen LogP contribution < -0.4 is 5.32 Å². The molecule has 2 aromatic rings. The van der Waals surface area contributed by atoms with Gasteiger partial charge in [0.25, 0.3) is 0 Å². The summed E-state index contributed by atoms with van der Waals surface area (Å²) >= 11 is 0. The predicted octanol–water partition coefficient (Wildman–Crippen LogP) is 1.14. The number of amides is 1. The molecule has 1 fully saturated rings. The lowest BCUT2D eigenvalue weighted by Gasteiger charge is -2.18. The monoisotopic (exact) mass is 343 g/mol. The lowest BCUT2D eigenvalue weighted by atomic mass is 9.93. The van der Waals surface area contributed by atoms with Crippen LogP contribution in [0.5, 0.6) is 0 Å². The third-order valence-corrected chi connectivity index (χ3v) is 5.03. The first-order valence-corrected chi connectivity index (χ1v) is 8.94. The van der Waals surface area contributed by atoms with Crippen LogP contribution in [-0.4, -0.2) is 55.0 Å². The summed E-state index contributed by atoms with van der Waals surface area (Å²) in [5.74, 6) is 2.00. The van der Waals surface area contributed by atoms with E-state index in [1.807, 2.05) is 6.20 Å². The van der Waals surface area contributed by atoms with Crippen molar-refractivity contribution in [2.75, 3.05) is 25.0 Å². The van der Waals surface area contributed by atoms with Crippen LogP contribution in [0.4, 0.5) is 5.69 Å². The summed E-state index contributed by atoms with van der Waals surface area (Å²) in [5, 5.41) is 15.7. The van der Waals surface area contributed by atoms with E-state index in [9.17, 15) is 4.79 Å². The zero-order chi connectivity index (χ0) is 17.4. The topological polar surface area (TPSA) is 80.9 Å². The second kappa shape index (κ2) is 6.25. The fraction of sp³-hybridized carbons (Fsp3) is 0.647. The van der Waals surface area contributed by atoms with Gasteiger partial charge in [-0.05, 0) is 24.8 Å². The zero-order valence-electron chi connectivity index (χ0n) is 14.9. The predicted molar refractivity (Wildman–Crippen MR) is 93.1 cm³/mol. The highest BCUT2D eigenvalue weighted by Gasteiger charge is 2.30. The van der Waals surface area contributed by atoms with Gasteiger partial charge in [0.15, 0.2) is 5.82 Å². The third-order valence-electron chi connectivity index (χ3n) is 5.03. The standard InChI is InChI=1S/C17H25N7O/c1-17(2)5-7-22(12-17)11-16(25)19-13-8-18-23(9-13)10-15-21-20-14-4-3-6-24(14)15/h8-9H,3-7,10-12H2,1-2H3,(H,19,25). The number of hydrogen-bond donors (Lipinski definition) is 1. The molecule has 4 heterocycles. The fourth-order valence-electron chi connectivity index (χ4n) is 3.75. The van der Waals surface area contributed by atoms with Gasteiger partial charge in [-0.3, -0.25) is 14.4 Å². The third kappa shape index (κ3) is 3.58. The highest BCUT2D eigenvalue weighted by atomic mass is 16.2. The molecule has 4 rings (SSSR count). The highest BCUT2D eigenvalue weighted by molar-refractivity contribution is 5.92. The molecule has 0 unspecified atom stereocenters. The number of hydrogen-bond acceptors (Lipinski definition) is 5. The van der Waals surface area contributed by atoms with Gasteiger partial charge in [0.05, 0.1) is 18.4 Å². The van der Waals surface area contributed by atoms with Crippen LogP contribution in [0.2, 0.25) is 0 Å². The van der Waals surface area contributed by atoms with Crippen molar-refractivity contribution in [3.05, 3.63) is 24.0 Å². The van der Waals surface area contributed by atoms with Crippen molar-refractivity contribution in [2.45, 2.75) is 46.2 Å². The Morgan fingerprint density at radius 2 is 2.20 bits per heavy atom. The van der Waals surface area contributed by atoms with E-state index in [1.165, 1.54) is 0 Å². The Labute approximate surface area is 147 Å². The molecule has 25 heavy (non-hydrogen) atoms. The SMILES string of the molecule is CC1(C)CCN(CC(=O)Nc2cnn(Cc3nnc4n3CCC4)c2)C1. The lowest BCUT2D eigenvalue weighted by molar-refractivity contribution is -0.117. The molecule has 2 aliphatic heterocycles. The Balaban J connectivity index is 1.33. The molecule has 1 amide bonds. The minimum absolute atomic E-state index is 0.0145. The summed E-state index contributed by atoms with van der Waals surface area (Å²) in [7, 11) is 0. The highest BCUT2D eigenvalue weighted by Crippen LogP contribution is 2.28. The zero-order valence-corrected chi connectivity index (χ0v) is 14.9. The molecular formula is C17H25N7O. The number of aromatic nitrogens is 5. The molecule has 8 nitrogen and oxygen atoms in total. The van der Waals surface area contributed by atoms with Crippen molar-refractivity contribution in [3.8, 4) is 0 Å². The number of rotatable bonds is 5. The number of fused-ring (bicyclic) bond motifs is 1. The lowest BCUT2D eigenvalue weighted by Crippen LogP contribution is -2.32. The molecule has 0 bridgehead atoms. The second-order valence-electron chi connectivity index (χ2n) is 7.89. The first-order valence-electron chi connectivity index (χ1n) is 8.94. The molecule has 0 aromatic carbocycles. The average Bonchev–Trinajstić information content (AvgIpc) is 3.27. The van der Waals surface area contributed by atoms with E-state index < -0.39 is 0 Å². The minimum atomic E-state index is 0.0145. The van der Waals surface area contributed by atoms with Gasteiger partial charge in [0.1, 0.15) is 12.4 Å². The van der Waals surface area contributed by atoms with Gasteiger partial charge in [-0.25, -0.2) is 0 Å². The maximum Gasteiger partial charge on any atom is 0.238 e. The molecule has 0 radical (unpaired) electrons. The number of aryl methyl sites for hydroxylation is 1. The molecule has 8 heteroatoms. The van der Waals surface area contributed by atoms with E-state index in [1.54, 1.807) is 10.9 Å². The molecule has 2 aliphatic rings. The minimum Gasteiger partial charge on any atom is -0.322 e. The van der Waals surface area contributed by atoms with Crippen molar-refractivity contribution >= 4 is 11.6 Å². The number of nitrogens with zero attached hydrogens (tertiary/aromatic N) is 6. The summed E-state index contributed by atoms with van der Waals surface area (Å²) in [6.07, 6.45) is 6.81. The first kappa shape index (κ1) is 16.3. The van der Waals surface area contributed by atoms with Gasteiger partial charge in [-0.1, -0.05) is 13.8 Å². The van der Waals surface area contributed by atoms with Crippen LogP contribution in [-0.2, 0) is 24.3 Å². The summed E-state index contributed by atoms with van der Waals surface area (Å²) in [6, 6.07) is 0. The Hall–Kier alpha value is -2.22. The van der Waals surface area contributed by atoms with Crippen LogP contribution >= 0.6 is 0 Å². The van der Waals surface area contributed by atoms with Gasteiger partial charge >= 0.3 is 0 Å². The van der Waals surface area contributed by atoms with E-state index in [2.05, 4.69) is 43.9 Å². The van der Waals surface area contributed by atoms with E-state index in [-0.39, 0.29) is 5.91 Å². The van der Waals surface area contributed by atoms with Crippen LogP contribution in [0.15, 0.2) is 12.4 Å². The van der Waals surface area contributed by atoms with Crippen molar-refractivity contribution in [1.29, 1.82) is 0 Å². The van der Waals surface area contributed by atoms with Gasteiger partial charge in [-0.15, -0.1) is 10.2 Å². The number of carbonyl (C=O) groups excluding carboxylic acids is 1. The van der Waals surface area contributed by atoms with Crippen molar-refractivity contribution in [3.63, 3.8) is 0 Å². The summed E-state index contributed by atoms with van der Waals surface area (Å²) in [5.41, 5.74) is 1.04. The largest absolute Gasteiger partial charge is 0.322 e. The van der Waals surface area contributed by atoms with Crippen LogP contribution in [0, 0.1) is 5.41 Å². The summed E-state index contributed by atoms with van der Waals surface area (Å²) < 4.78 is 3.96. The fourth-order valence-corrected chi connectivity index (χ4v) is 3.75. The van der Waals surface area contributed by atoms with Crippen molar-refractivity contribution < 1.29 is 4.79 Å². The molecule has 2 aromatic heterocycles. The molecular weight excluding hydrogens is 318 g/mol. The summed E-state index contributed by atoms with van der Waals surface area (Å²) in [6.45, 7) is 8.44. The Kier molecular flexibility index (Phi) is 4.07. The molecule has 0 saturated carbocycles. The van der Waals surface area contributed by atoms with Gasteiger partial charge in [0.2, 0.25) is 5.91 Å². The normalized spacial score (nSPS) is 19.3. The molecule has 0 spiro atoms. The molecule has 0 atom stereocenters. The van der Waals surface area contributed by atoms with Crippen LogP contribution in [0.3, 0.4) is 0 Å². The van der Waals surface area contributed by atoms with Gasteiger partial charge < -0.3 is 9.88 Å². The van der Waals surface area contributed by atoms with Crippen molar-refractivity contribution in [1.82, 2.24) is 29.4 Å². The molecule has 134 valence electrons. The maximum atomic E-state index is 12.2. The van der Waals surface area contributed by atoms with Gasteiger partial charge in [0, 0.05) is 25.7 Å². The molecule has 1 saturated heterocycles. The summed E-state index contributed by atoms with van der Waals surface area (Å²) in [4.78, 5) is 14.5. The Morgan fingerprint density at radius 1 is 1.32 bits per heavy atom. The first-order chi connectivity index (χ1) is 12.0. The Bertz CT molecular complexity index is 776. The Morgan fingerprint density at radius 3 is 3.00 bits per heavy atom. The molecule has 1 N–H and O–H groups in total. The number of likely N-dealkylation sites (tertiary alicyclic amines) is 1. The number of nitrogens with one attached hydrogen (secondary N) is 1. The second-order valence-corrected chi connectivity index (χ2v) is 7.89. The quantitative estimate of drug-likeness (QED) is 0.880. The van der Waals surface area contributed by atoms with E-state index >= 15 is 0 Å². The van der Waals surface area contributed by atoms with Crippen molar-refractivity contribution in [2.24, 2.45) is 5.41 Å². The average molecular weight is 343 g/mol. The number of carbonyl (C=O) groups is 1. The van der Waals surface area contributed by atoms with E-state index in [0.29, 0.717) is 18.5 Å². The smallest absolute Gasteiger partial charge is 0.238 e. The number of anilines is 1. The molecule has 0 aliphatic carbocycles. The van der Waals surface area contributed by atoms with Crippen LogP contribution in [0.25, 0.3) is 0 Å². The maximum absolute atomic E-state index is 12.2. The van der Waals surface area contributed by atoms with Gasteiger partial charge in [-0.2, -0.15) is 5.10 Å². The van der Waals surface area contributed by atoms with Crippen LogP contribution in [0.1, 0.15) is 38.3 Å². The van der Waals surface area contributed by atoms with E-state index in [4.69, 9.17) is 0 Å². The van der Waals surface area contributed by atoms with E-state index in [0.717, 1.165) is 56.2 Å².